The highest BCUT2D eigenvalue weighted by atomic mass is 32.2. The molecule has 3 aromatic rings. The van der Waals surface area contributed by atoms with Crippen molar-refractivity contribution in [2.45, 2.75) is 57.3 Å². The van der Waals surface area contributed by atoms with Crippen LogP contribution in [-0.2, 0) is 20.9 Å². The Balaban J connectivity index is 1.77. The summed E-state index contributed by atoms with van der Waals surface area (Å²) in [5, 5.41) is 1.11. The zero-order valence-electron chi connectivity index (χ0n) is 19.8. The summed E-state index contributed by atoms with van der Waals surface area (Å²) in [6, 6.07) is 13.0. The lowest BCUT2D eigenvalue weighted by Gasteiger charge is -2.30. The third kappa shape index (κ3) is 6.42. The predicted molar refractivity (Wildman–Crippen MR) is 136 cm³/mol. The molecule has 2 aromatic carbocycles. The Morgan fingerprint density at radius 3 is 2.44 bits per heavy atom. The minimum Gasteiger partial charge on any atom is -0.409 e. The molecule has 0 atom stereocenters. The summed E-state index contributed by atoms with van der Waals surface area (Å²) in [6.45, 7) is 13.0. The van der Waals surface area contributed by atoms with Crippen LogP contribution >= 0.6 is 0 Å². The molecule has 0 unspecified atom stereocenters. The standard InChI is InChI=1S/C25H34N2O3SSi/c1-19-10-12-22(13-11-19)31(28,29)27-17-15-21-18-26-23-9-7-8-20(24(21)23)14-16-25(2,3)30-32(4,5)6/h7-14,16,18,26-27H,15,17H2,1-6H3/b16-14+. The molecular weight excluding hydrogens is 436 g/mol. The Hall–Kier alpha value is -2.19. The molecule has 2 N–H and O–H groups in total. The predicted octanol–water partition coefficient (Wildman–Crippen LogP) is 5.64. The molecule has 0 saturated carbocycles. The molecule has 172 valence electrons. The van der Waals surface area contributed by atoms with Gasteiger partial charge in [0.15, 0.2) is 8.32 Å². The molecule has 5 nitrogen and oxygen atoms in total. The van der Waals surface area contributed by atoms with E-state index in [1.807, 2.05) is 25.3 Å². The molecule has 0 fully saturated rings. The van der Waals surface area contributed by atoms with E-state index in [9.17, 15) is 8.42 Å². The second-order valence-corrected chi connectivity index (χ2v) is 15.9. The van der Waals surface area contributed by atoms with Gasteiger partial charge >= 0.3 is 0 Å². The largest absolute Gasteiger partial charge is 0.409 e. The van der Waals surface area contributed by atoms with Crippen LogP contribution in [0.2, 0.25) is 19.6 Å². The van der Waals surface area contributed by atoms with Crippen LogP contribution in [0.25, 0.3) is 17.0 Å². The molecular formula is C25H34N2O3SSi. The first kappa shape index (κ1) is 24.4. The maximum Gasteiger partial charge on any atom is 0.240 e. The highest BCUT2D eigenvalue weighted by Gasteiger charge is 2.25. The van der Waals surface area contributed by atoms with E-state index in [0.717, 1.165) is 27.6 Å². The highest BCUT2D eigenvalue weighted by Crippen LogP contribution is 2.26. The molecule has 0 saturated heterocycles. The van der Waals surface area contributed by atoms with Crippen LogP contribution < -0.4 is 4.72 Å². The molecule has 0 aliphatic carbocycles. The van der Waals surface area contributed by atoms with Crippen LogP contribution in [0.1, 0.15) is 30.5 Å². The molecule has 0 amide bonds. The van der Waals surface area contributed by atoms with Gasteiger partial charge in [0.1, 0.15) is 0 Å². The number of rotatable bonds is 9. The number of nitrogens with one attached hydrogen (secondary N) is 2. The maximum atomic E-state index is 12.6. The van der Waals surface area contributed by atoms with Crippen molar-refractivity contribution in [1.29, 1.82) is 0 Å². The summed E-state index contributed by atoms with van der Waals surface area (Å²) in [7, 11) is -5.20. The molecule has 0 aliphatic heterocycles. The molecule has 32 heavy (non-hydrogen) atoms. The van der Waals surface area contributed by atoms with Crippen molar-refractivity contribution in [1.82, 2.24) is 9.71 Å². The molecule has 0 spiro atoms. The highest BCUT2D eigenvalue weighted by molar-refractivity contribution is 7.89. The Bertz CT molecular complexity index is 1200. The van der Waals surface area contributed by atoms with Crippen LogP contribution in [0.3, 0.4) is 0 Å². The van der Waals surface area contributed by atoms with Crippen LogP contribution in [0, 0.1) is 6.92 Å². The quantitative estimate of drug-likeness (QED) is 0.398. The third-order valence-corrected chi connectivity index (χ3v) is 7.69. The molecule has 7 heteroatoms. The fourth-order valence-electron chi connectivity index (χ4n) is 3.86. The number of aromatic amines is 1. The van der Waals surface area contributed by atoms with Crippen molar-refractivity contribution in [3.05, 3.63) is 71.4 Å². The number of H-pyrrole nitrogens is 1. The van der Waals surface area contributed by atoms with Crippen molar-refractivity contribution in [2.75, 3.05) is 6.54 Å². The SMILES string of the molecule is Cc1ccc(S(=O)(=O)NCCc2c[nH]c3cccc(/C=C/C(C)(C)O[Si](C)(C)C)c23)cc1. The zero-order chi connectivity index (χ0) is 23.6. The lowest BCUT2D eigenvalue weighted by Crippen LogP contribution is -2.36. The van der Waals surface area contributed by atoms with Crippen molar-refractivity contribution in [2.24, 2.45) is 0 Å². The molecule has 0 aliphatic rings. The summed E-state index contributed by atoms with van der Waals surface area (Å²) in [5.74, 6) is 0. The van der Waals surface area contributed by atoms with Gasteiger partial charge in [-0.25, -0.2) is 13.1 Å². The van der Waals surface area contributed by atoms with Crippen LogP contribution in [0.5, 0.6) is 0 Å². The lowest BCUT2D eigenvalue weighted by molar-refractivity contribution is 0.155. The normalized spacial score (nSPS) is 13.3. The van der Waals surface area contributed by atoms with Crippen molar-refractivity contribution < 1.29 is 12.8 Å². The molecule has 1 aromatic heterocycles. The second kappa shape index (κ2) is 9.35. The number of hydrogen-bond acceptors (Lipinski definition) is 3. The smallest absolute Gasteiger partial charge is 0.240 e. The Labute approximate surface area is 193 Å². The van der Waals surface area contributed by atoms with E-state index >= 15 is 0 Å². The Morgan fingerprint density at radius 1 is 1.09 bits per heavy atom. The first-order valence-corrected chi connectivity index (χ1v) is 15.8. The number of aryl methyl sites for hydroxylation is 1. The van der Waals surface area contributed by atoms with E-state index < -0.39 is 18.3 Å². The molecule has 0 bridgehead atoms. The zero-order valence-corrected chi connectivity index (χ0v) is 21.6. The first-order chi connectivity index (χ1) is 14.9. The third-order valence-electron chi connectivity index (χ3n) is 5.07. The van der Waals surface area contributed by atoms with Gasteiger partial charge in [0.25, 0.3) is 0 Å². The van der Waals surface area contributed by atoms with Crippen LogP contribution in [0.15, 0.2) is 59.6 Å². The summed E-state index contributed by atoms with van der Waals surface area (Å²) in [5.41, 5.74) is 3.88. The lowest BCUT2D eigenvalue weighted by atomic mass is 10.0. The second-order valence-electron chi connectivity index (χ2n) is 9.70. The minimum absolute atomic E-state index is 0.287. The van der Waals surface area contributed by atoms with Gasteiger partial charge in [-0.05, 0) is 76.2 Å². The van der Waals surface area contributed by atoms with Crippen LogP contribution in [-0.4, -0.2) is 33.9 Å². The van der Waals surface area contributed by atoms with E-state index in [0.29, 0.717) is 13.0 Å². The fourth-order valence-corrected chi connectivity index (χ4v) is 6.53. The van der Waals surface area contributed by atoms with Gasteiger partial charge in [0.2, 0.25) is 10.0 Å². The van der Waals surface area contributed by atoms with Gasteiger partial charge in [0, 0.05) is 23.6 Å². The van der Waals surface area contributed by atoms with Crippen molar-refractivity contribution in [3.63, 3.8) is 0 Å². The monoisotopic (exact) mass is 470 g/mol. The van der Waals surface area contributed by atoms with E-state index in [1.165, 1.54) is 0 Å². The summed E-state index contributed by atoms with van der Waals surface area (Å²) in [4.78, 5) is 3.60. The first-order valence-electron chi connectivity index (χ1n) is 10.9. The summed E-state index contributed by atoms with van der Waals surface area (Å²) in [6.07, 6.45) is 6.77. The number of fused-ring (bicyclic) bond motifs is 1. The van der Waals surface area contributed by atoms with E-state index in [2.05, 4.69) is 61.4 Å². The van der Waals surface area contributed by atoms with E-state index in [4.69, 9.17) is 4.43 Å². The van der Waals surface area contributed by atoms with Gasteiger partial charge < -0.3 is 9.41 Å². The summed E-state index contributed by atoms with van der Waals surface area (Å²) < 4.78 is 34.2. The number of hydrogen-bond donors (Lipinski definition) is 2. The van der Waals surface area contributed by atoms with Gasteiger partial charge in [-0.3, -0.25) is 0 Å². The number of aromatic nitrogens is 1. The van der Waals surface area contributed by atoms with Gasteiger partial charge in [-0.2, -0.15) is 0 Å². The topological polar surface area (TPSA) is 71.2 Å². The average Bonchev–Trinajstić information content (AvgIpc) is 3.08. The van der Waals surface area contributed by atoms with Crippen molar-refractivity contribution >= 4 is 35.3 Å². The van der Waals surface area contributed by atoms with Gasteiger partial charge in [-0.1, -0.05) is 42.0 Å². The maximum absolute atomic E-state index is 12.6. The Morgan fingerprint density at radius 2 is 1.78 bits per heavy atom. The van der Waals surface area contributed by atoms with Gasteiger partial charge in [-0.15, -0.1) is 0 Å². The van der Waals surface area contributed by atoms with Gasteiger partial charge in [0.05, 0.1) is 10.5 Å². The van der Waals surface area contributed by atoms with Crippen molar-refractivity contribution in [3.8, 4) is 0 Å². The summed E-state index contributed by atoms with van der Waals surface area (Å²) >= 11 is 0. The van der Waals surface area contributed by atoms with Crippen LogP contribution in [0.4, 0.5) is 0 Å². The molecule has 1 heterocycles. The average molecular weight is 471 g/mol. The molecule has 0 radical (unpaired) electrons. The minimum atomic E-state index is -3.53. The number of sulfonamides is 1. The van der Waals surface area contributed by atoms with E-state index in [-0.39, 0.29) is 10.5 Å². The number of benzene rings is 2. The fraction of sp³-hybridized carbons (Fsp3) is 0.360. The van der Waals surface area contributed by atoms with E-state index in [1.54, 1.807) is 24.3 Å². The Kier molecular flexibility index (Phi) is 7.14. The molecule has 3 rings (SSSR count).